The van der Waals surface area contributed by atoms with Gasteiger partial charge in [-0.2, -0.15) is 0 Å². The minimum atomic E-state index is 0.211. The van der Waals surface area contributed by atoms with Gasteiger partial charge in [0.15, 0.2) is 0 Å². The molecule has 3 heteroatoms. The highest BCUT2D eigenvalue weighted by molar-refractivity contribution is 4.98. The van der Waals surface area contributed by atoms with Crippen LogP contribution in [0.3, 0.4) is 0 Å². The molecule has 0 amide bonds. The van der Waals surface area contributed by atoms with Gasteiger partial charge in [0.1, 0.15) is 0 Å². The molecule has 3 atom stereocenters. The molecule has 2 aliphatic rings. The maximum Gasteiger partial charge on any atom is 0.0590 e. The lowest BCUT2D eigenvalue weighted by Gasteiger charge is -2.50. The molecule has 2 N–H and O–H groups in total. The second kappa shape index (κ2) is 6.36. The van der Waals surface area contributed by atoms with Crippen LogP contribution in [0.2, 0.25) is 0 Å². The first-order valence-electron chi connectivity index (χ1n) is 7.80. The fraction of sp³-hybridized carbons (Fsp3) is 1.00. The molecule has 2 fully saturated rings. The van der Waals surface area contributed by atoms with Crippen molar-refractivity contribution in [1.82, 2.24) is 4.90 Å². The van der Waals surface area contributed by atoms with E-state index in [0.29, 0.717) is 12.1 Å². The zero-order chi connectivity index (χ0) is 13.0. The molecule has 18 heavy (non-hydrogen) atoms. The lowest BCUT2D eigenvalue weighted by molar-refractivity contribution is -0.0820. The molecule has 0 aliphatic carbocycles. The van der Waals surface area contributed by atoms with E-state index in [9.17, 15) is 0 Å². The van der Waals surface area contributed by atoms with Crippen LogP contribution in [0.1, 0.15) is 58.8 Å². The maximum atomic E-state index is 6.20. The summed E-state index contributed by atoms with van der Waals surface area (Å²) >= 11 is 0. The Hall–Kier alpha value is -0.120. The van der Waals surface area contributed by atoms with Crippen molar-refractivity contribution in [2.45, 2.75) is 76.5 Å². The number of rotatable bonds is 3. The molecule has 2 rings (SSSR count). The molecule has 0 aromatic heterocycles. The maximum absolute atomic E-state index is 6.20. The first-order valence-corrected chi connectivity index (χ1v) is 7.80. The lowest BCUT2D eigenvalue weighted by Crippen LogP contribution is -2.61. The first-order chi connectivity index (χ1) is 8.72. The molecule has 2 saturated heterocycles. The molecule has 106 valence electrons. The summed E-state index contributed by atoms with van der Waals surface area (Å²) in [7, 11) is 0. The van der Waals surface area contributed by atoms with Crippen LogP contribution in [0, 0.1) is 0 Å². The molecular weight excluding hydrogens is 224 g/mol. The third kappa shape index (κ3) is 2.89. The Morgan fingerprint density at radius 2 is 2.17 bits per heavy atom. The van der Waals surface area contributed by atoms with Gasteiger partial charge in [0.2, 0.25) is 0 Å². The second-order valence-electron chi connectivity index (χ2n) is 6.18. The van der Waals surface area contributed by atoms with E-state index in [-0.39, 0.29) is 5.54 Å². The zero-order valence-electron chi connectivity index (χ0n) is 12.2. The quantitative estimate of drug-likeness (QED) is 0.841. The Balaban J connectivity index is 2.13. The second-order valence-corrected chi connectivity index (χ2v) is 6.18. The molecule has 0 aromatic rings. The van der Waals surface area contributed by atoms with Crippen LogP contribution >= 0.6 is 0 Å². The molecular formula is C15H30N2O. The van der Waals surface area contributed by atoms with Crippen molar-refractivity contribution in [2.24, 2.45) is 5.73 Å². The van der Waals surface area contributed by atoms with E-state index in [1.54, 1.807) is 0 Å². The van der Waals surface area contributed by atoms with E-state index in [2.05, 4.69) is 18.7 Å². The summed E-state index contributed by atoms with van der Waals surface area (Å²) in [5.74, 6) is 0. The Kier molecular flexibility index (Phi) is 5.05. The van der Waals surface area contributed by atoms with Gasteiger partial charge in [-0.15, -0.1) is 0 Å². The van der Waals surface area contributed by atoms with Crippen LogP contribution < -0.4 is 5.73 Å². The largest absolute Gasteiger partial charge is 0.378 e. The third-order valence-electron chi connectivity index (χ3n) is 5.03. The zero-order valence-corrected chi connectivity index (χ0v) is 12.2. The van der Waals surface area contributed by atoms with Crippen molar-refractivity contribution in [1.29, 1.82) is 0 Å². The molecule has 3 nitrogen and oxygen atoms in total. The van der Waals surface area contributed by atoms with Gasteiger partial charge >= 0.3 is 0 Å². The predicted molar refractivity (Wildman–Crippen MR) is 75.7 cm³/mol. The monoisotopic (exact) mass is 254 g/mol. The van der Waals surface area contributed by atoms with Gasteiger partial charge in [0.25, 0.3) is 0 Å². The summed E-state index contributed by atoms with van der Waals surface area (Å²) in [6, 6.07) is 0.687. The number of hydrogen-bond acceptors (Lipinski definition) is 3. The molecule has 0 radical (unpaired) electrons. The molecule has 2 aliphatic heterocycles. The lowest BCUT2D eigenvalue weighted by atomic mass is 9.82. The van der Waals surface area contributed by atoms with E-state index in [1.807, 2.05) is 0 Å². The summed E-state index contributed by atoms with van der Waals surface area (Å²) in [6.45, 7) is 7.52. The summed E-state index contributed by atoms with van der Waals surface area (Å²) in [6.07, 6.45) is 9.21. The molecule has 3 unspecified atom stereocenters. The SMILES string of the molecule is CCC1CC(CN)(N2CCCCCC2C)CCO1. The fourth-order valence-corrected chi connectivity index (χ4v) is 3.81. The van der Waals surface area contributed by atoms with Crippen LogP contribution in [0.25, 0.3) is 0 Å². The summed E-state index contributed by atoms with van der Waals surface area (Å²) in [5.41, 5.74) is 6.41. The van der Waals surface area contributed by atoms with Gasteiger partial charge in [0, 0.05) is 24.7 Å². The van der Waals surface area contributed by atoms with Gasteiger partial charge in [-0.1, -0.05) is 19.8 Å². The highest BCUT2D eigenvalue weighted by Gasteiger charge is 2.42. The summed E-state index contributed by atoms with van der Waals surface area (Å²) in [4.78, 5) is 2.73. The summed E-state index contributed by atoms with van der Waals surface area (Å²) < 4.78 is 5.86. The first kappa shape index (κ1) is 14.3. The van der Waals surface area contributed by atoms with Crippen LogP contribution in [-0.2, 0) is 4.74 Å². The number of likely N-dealkylation sites (tertiary alicyclic amines) is 1. The van der Waals surface area contributed by atoms with Crippen molar-refractivity contribution in [3.8, 4) is 0 Å². The van der Waals surface area contributed by atoms with Crippen LogP contribution in [-0.4, -0.2) is 42.3 Å². The third-order valence-corrected chi connectivity index (χ3v) is 5.03. The number of nitrogens with two attached hydrogens (primary N) is 1. The average Bonchev–Trinajstić information content (AvgIpc) is 2.63. The number of hydrogen-bond donors (Lipinski definition) is 1. The average molecular weight is 254 g/mol. The van der Waals surface area contributed by atoms with E-state index in [0.717, 1.165) is 32.4 Å². The standard InChI is InChI=1S/C15H30N2O/c1-3-14-11-15(12-16,8-10-18-14)17-9-6-4-5-7-13(17)2/h13-14H,3-12,16H2,1-2H3. The van der Waals surface area contributed by atoms with E-state index < -0.39 is 0 Å². The van der Waals surface area contributed by atoms with Gasteiger partial charge in [-0.3, -0.25) is 4.90 Å². The number of ether oxygens (including phenoxy) is 1. The smallest absolute Gasteiger partial charge is 0.0590 e. The number of nitrogens with zero attached hydrogens (tertiary/aromatic N) is 1. The van der Waals surface area contributed by atoms with Gasteiger partial charge < -0.3 is 10.5 Å². The van der Waals surface area contributed by atoms with E-state index in [4.69, 9.17) is 10.5 Å². The highest BCUT2D eigenvalue weighted by Crippen LogP contribution is 2.35. The molecule has 0 aromatic carbocycles. The van der Waals surface area contributed by atoms with E-state index >= 15 is 0 Å². The summed E-state index contributed by atoms with van der Waals surface area (Å²) in [5, 5.41) is 0. The minimum absolute atomic E-state index is 0.211. The molecule has 0 spiro atoms. The Morgan fingerprint density at radius 1 is 1.33 bits per heavy atom. The topological polar surface area (TPSA) is 38.5 Å². The Morgan fingerprint density at radius 3 is 2.89 bits per heavy atom. The normalized spacial score (nSPS) is 39.5. The van der Waals surface area contributed by atoms with Gasteiger partial charge in [0.05, 0.1) is 6.10 Å². The molecule has 2 heterocycles. The van der Waals surface area contributed by atoms with Crippen molar-refractivity contribution in [2.75, 3.05) is 19.7 Å². The van der Waals surface area contributed by atoms with Crippen molar-refractivity contribution < 1.29 is 4.74 Å². The fourth-order valence-electron chi connectivity index (χ4n) is 3.81. The van der Waals surface area contributed by atoms with Crippen LogP contribution in [0.4, 0.5) is 0 Å². The predicted octanol–water partition coefficient (Wildman–Crippen LogP) is 2.54. The molecule has 0 saturated carbocycles. The van der Waals surface area contributed by atoms with Crippen LogP contribution in [0.5, 0.6) is 0 Å². The van der Waals surface area contributed by atoms with Crippen molar-refractivity contribution in [3.63, 3.8) is 0 Å². The Labute approximate surface area is 112 Å². The Bertz CT molecular complexity index is 259. The van der Waals surface area contributed by atoms with Gasteiger partial charge in [-0.25, -0.2) is 0 Å². The van der Waals surface area contributed by atoms with Crippen LogP contribution in [0.15, 0.2) is 0 Å². The van der Waals surface area contributed by atoms with E-state index in [1.165, 1.54) is 32.2 Å². The van der Waals surface area contributed by atoms with Crippen molar-refractivity contribution >= 4 is 0 Å². The van der Waals surface area contributed by atoms with Gasteiger partial charge in [-0.05, 0) is 45.6 Å². The van der Waals surface area contributed by atoms with Crippen molar-refractivity contribution in [3.05, 3.63) is 0 Å². The minimum Gasteiger partial charge on any atom is -0.378 e. The molecule has 0 bridgehead atoms. The highest BCUT2D eigenvalue weighted by atomic mass is 16.5.